The van der Waals surface area contributed by atoms with E-state index in [4.69, 9.17) is 16.7 Å². The van der Waals surface area contributed by atoms with Gasteiger partial charge in [0.25, 0.3) is 5.91 Å². The molecule has 2 aromatic rings. The summed E-state index contributed by atoms with van der Waals surface area (Å²) in [4.78, 5) is 12.2. The number of aliphatic hydroxyl groups excluding tert-OH is 1. The van der Waals surface area contributed by atoms with Gasteiger partial charge in [0.2, 0.25) is 0 Å². The molecule has 0 aliphatic rings. The van der Waals surface area contributed by atoms with E-state index >= 15 is 0 Å². The van der Waals surface area contributed by atoms with E-state index in [1.807, 2.05) is 0 Å². The second-order valence-corrected chi connectivity index (χ2v) is 4.55. The van der Waals surface area contributed by atoms with Gasteiger partial charge in [0.1, 0.15) is 12.4 Å². The minimum Gasteiger partial charge on any atom is -0.384 e. The summed E-state index contributed by atoms with van der Waals surface area (Å²) in [5, 5.41) is 11.9. The van der Waals surface area contributed by atoms with E-state index in [1.54, 1.807) is 24.3 Å². The molecule has 2 aromatic carbocycles. The molecule has 0 aliphatic carbocycles. The Morgan fingerprint density at radius 3 is 2.62 bits per heavy atom. The molecule has 0 aromatic heterocycles. The number of rotatable bonds is 2. The molecule has 0 saturated carbocycles. The number of hydrogen-bond donors (Lipinski definition) is 2. The molecule has 106 valence electrons. The van der Waals surface area contributed by atoms with Crippen LogP contribution >= 0.6 is 11.6 Å². The van der Waals surface area contributed by atoms with Gasteiger partial charge in [-0.2, -0.15) is 0 Å². The van der Waals surface area contributed by atoms with Gasteiger partial charge in [-0.1, -0.05) is 23.4 Å². The number of amides is 1. The lowest BCUT2D eigenvalue weighted by Gasteiger charge is -2.07. The molecule has 0 saturated heterocycles. The van der Waals surface area contributed by atoms with Crippen molar-refractivity contribution in [1.82, 2.24) is 0 Å². The smallest absolute Gasteiger partial charge is 0.256 e. The lowest BCUT2D eigenvalue weighted by atomic mass is 10.1. The van der Waals surface area contributed by atoms with Crippen LogP contribution in [-0.2, 0) is 0 Å². The lowest BCUT2D eigenvalue weighted by molar-refractivity contribution is 0.102. The van der Waals surface area contributed by atoms with Crippen LogP contribution in [-0.4, -0.2) is 17.6 Å². The summed E-state index contributed by atoms with van der Waals surface area (Å²) >= 11 is 5.77. The number of anilines is 1. The summed E-state index contributed by atoms with van der Waals surface area (Å²) < 4.78 is 13.2. The zero-order chi connectivity index (χ0) is 15.2. The van der Waals surface area contributed by atoms with Gasteiger partial charge in [0.05, 0.1) is 5.56 Å². The first-order valence-electron chi connectivity index (χ1n) is 6.06. The molecule has 0 radical (unpaired) electrons. The molecule has 3 nitrogen and oxygen atoms in total. The van der Waals surface area contributed by atoms with E-state index in [9.17, 15) is 9.18 Å². The van der Waals surface area contributed by atoms with Crippen LogP contribution < -0.4 is 5.32 Å². The topological polar surface area (TPSA) is 49.3 Å². The summed E-state index contributed by atoms with van der Waals surface area (Å²) in [5.41, 5.74) is 1.01. The second-order valence-electron chi connectivity index (χ2n) is 4.11. The molecule has 1 amide bonds. The number of nitrogens with one attached hydrogen (secondary N) is 1. The zero-order valence-electron chi connectivity index (χ0n) is 10.9. The van der Waals surface area contributed by atoms with Crippen molar-refractivity contribution in [2.24, 2.45) is 0 Å². The van der Waals surface area contributed by atoms with Crippen LogP contribution in [0.5, 0.6) is 0 Å². The second kappa shape index (κ2) is 6.89. The van der Waals surface area contributed by atoms with Crippen LogP contribution in [0.2, 0.25) is 5.02 Å². The third-order valence-corrected chi connectivity index (χ3v) is 2.88. The quantitative estimate of drug-likeness (QED) is 0.838. The molecule has 0 spiro atoms. The van der Waals surface area contributed by atoms with Gasteiger partial charge in [-0.25, -0.2) is 4.39 Å². The SMILES string of the molecule is O=C(Nc1ccc(Cl)cc1)c1ccc(F)cc1C#CCO. The van der Waals surface area contributed by atoms with E-state index in [0.717, 1.165) is 6.07 Å². The monoisotopic (exact) mass is 303 g/mol. The Morgan fingerprint density at radius 1 is 1.24 bits per heavy atom. The van der Waals surface area contributed by atoms with Crippen LogP contribution in [0, 0.1) is 17.7 Å². The van der Waals surface area contributed by atoms with Gasteiger partial charge < -0.3 is 10.4 Å². The fraction of sp³-hybridized carbons (Fsp3) is 0.0625. The lowest BCUT2D eigenvalue weighted by Crippen LogP contribution is -2.13. The number of hydrogen-bond acceptors (Lipinski definition) is 2. The molecule has 0 aliphatic heterocycles. The van der Waals surface area contributed by atoms with Gasteiger partial charge in [-0.15, -0.1) is 0 Å². The van der Waals surface area contributed by atoms with Crippen LogP contribution in [0.4, 0.5) is 10.1 Å². The Bertz CT molecular complexity index is 717. The number of carbonyl (C=O) groups excluding carboxylic acids is 1. The molecular formula is C16H11ClFNO2. The van der Waals surface area contributed by atoms with Crippen molar-refractivity contribution < 1.29 is 14.3 Å². The molecule has 5 heteroatoms. The van der Waals surface area contributed by atoms with E-state index in [2.05, 4.69) is 17.2 Å². The van der Waals surface area contributed by atoms with Crippen molar-refractivity contribution in [2.45, 2.75) is 0 Å². The highest BCUT2D eigenvalue weighted by atomic mass is 35.5. The Morgan fingerprint density at radius 2 is 1.95 bits per heavy atom. The van der Waals surface area contributed by atoms with Gasteiger partial charge in [0.15, 0.2) is 0 Å². The summed E-state index contributed by atoms with van der Waals surface area (Å²) in [6.07, 6.45) is 0. The predicted molar refractivity (Wildman–Crippen MR) is 79.8 cm³/mol. The summed E-state index contributed by atoms with van der Waals surface area (Å²) in [7, 11) is 0. The number of aliphatic hydroxyl groups is 1. The summed E-state index contributed by atoms with van der Waals surface area (Å²) in [6, 6.07) is 10.3. The van der Waals surface area contributed by atoms with E-state index in [0.29, 0.717) is 10.7 Å². The summed E-state index contributed by atoms with van der Waals surface area (Å²) in [6.45, 7) is -0.366. The molecule has 2 N–H and O–H groups in total. The van der Waals surface area contributed by atoms with Gasteiger partial charge in [0, 0.05) is 16.3 Å². The molecular weight excluding hydrogens is 293 g/mol. The number of carbonyl (C=O) groups is 1. The van der Waals surface area contributed by atoms with Crippen molar-refractivity contribution in [3.05, 3.63) is 64.4 Å². The molecule has 0 atom stereocenters. The minimum absolute atomic E-state index is 0.218. The maximum absolute atomic E-state index is 13.2. The van der Waals surface area contributed by atoms with Gasteiger partial charge >= 0.3 is 0 Å². The highest BCUT2D eigenvalue weighted by Crippen LogP contribution is 2.16. The third-order valence-electron chi connectivity index (χ3n) is 2.63. The first-order valence-corrected chi connectivity index (χ1v) is 6.44. The van der Waals surface area contributed by atoms with Crippen molar-refractivity contribution >= 4 is 23.2 Å². The highest BCUT2D eigenvalue weighted by Gasteiger charge is 2.11. The molecule has 21 heavy (non-hydrogen) atoms. The van der Waals surface area contributed by atoms with Crippen LogP contribution in [0.15, 0.2) is 42.5 Å². The molecule has 0 heterocycles. The largest absolute Gasteiger partial charge is 0.384 e. The first kappa shape index (κ1) is 15.0. The van der Waals surface area contributed by atoms with Crippen molar-refractivity contribution in [1.29, 1.82) is 0 Å². The number of halogens is 2. The van der Waals surface area contributed by atoms with Crippen molar-refractivity contribution in [2.75, 3.05) is 11.9 Å². The Balaban J connectivity index is 2.28. The van der Waals surface area contributed by atoms with E-state index in [-0.39, 0.29) is 17.7 Å². The van der Waals surface area contributed by atoms with E-state index < -0.39 is 11.7 Å². The fourth-order valence-corrected chi connectivity index (χ4v) is 1.81. The maximum Gasteiger partial charge on any atom is 0.256 e. The average molecular weight is 304 g/mol. The fourth-order valence-electron chi connectivity index (χ4n) is 1.68. The third kappa shape index (κ3) is 4.06. The summed E-state index contributed by atoms with van der Waals surface area (Å²) in [5.74, 6) is 4.04. The average Bonchev–Trinajstić information content (AvgIpc) is 2.47. The Kier molecular flexibility index (Phi) is 4.94. The van der Waals surface area contributed by atoms with Crippen LogP contribution in [0.1, 0.15) is 15.9 Å². The van der Waals surface area contributed by atoms with Crippen LogP contribution in [0.25, 0.3) is 0 Å². The predicted octanol–water partition coefficient (Wildman–Crippen LogP) is 3.08. The minimum atomic E-state index is -0.500. The van der Waals surface area contributed by atoms with Gasteiger partial charge in [-0.05, 0) is 42.5 Å². The maximum atomic E-state index is 13.2. The Hall–Kier alpha value is -2.35. The van der Waals surface area contributed by atoms with E-state index in [1.165, 1.54) is 12.1 Å². The highest BCUT2D eigenvalue weighted by molar-refractivity contribution is 6.30. The zero-order valence-corrected chi connectivity index (χ0v) is 11.6. The number of benzene rings is 2. The molecule has 2 rings (SSSR count). The standard InChI is InChI=1S/C16H11ClFNO2/c17-12-3-6-14(7-4-12)19-16(21)15-8-5-13(18)10-11(15)2-1-9-20/h3-8,10,20H,9H2,(H,19,21). The van der Waals surface area contributed by atoms with Crippen molar-refractivity contribution in [3.63, 3.8) is 0 Å². The van der Waals surface area contributed by atoms with Crippen molar-refractivity contribution in [3.8, 4) is 11.8 Å². The first-order chi connectivity index (χ1) is 10.1. The molecule has 0 bridgehead atoms. The molecule has 0 unspecified atom stereocenters. The van der Waals surface area contributed by atoms with Gasteiger partial charge in [-0.3, -0.25) is 4.79 Å². The molecule has 0 fully saturated rings. The van der Waals surface area contributed by atoms with Crippen LogP contribution in [0.3, 0.4) is 0 Å². The normalized spacial score (nSPS) is 9.67. The Labute approximate surface area is 126 Å².